The second kappa shape index (κ2) is 25.0. The minimum atomic E-state index is 0.313. The molecule has 0 saturated heterocycles. The third-order valence-corrected chi connectivity index (χ3v) is 8.38. The Morgan fingerprint density at radius 2 is 0.595 bits per heavy atom. The van der Waals surface area contributed by atoms with Crippen LogP contribution in [0.2, 0.25) is 0 Å². The normalized spacial score (nSPS) is 12.6. The van der Waals surface area contributed by atoms with Gasteiger partial charge >= 0.3 is 0 Å². The molecule has 0 atom stereocenters. The van der Waals surface area contributed by atoms with Crippen molar-refractivity contribution in [3.8, 4) is 0 Å². The van der Waals surface area contributed by atoms with E-state index in [1.54, 1.807) is 0 Å². The molecular weight excluding hydrogens is 446 g/mol. The van der Waals surface area contributed by atoms with Gasteiger partial charge in [0.25, 0.3) is 0 Å². The van der Waals surface area contributed by atoms with Crippen molar-refractivity contribution < 1.29 is 0 Å². The molecule has 0 saturated carbocycles. The van der Waals surface area contributed by atoms with Gasteiger partial charge in [0, 0.05) is 5.54 Å². The van der Waals surface area contributed by atoms with Crippen LogP contribution in [-0.4, -0.2) is 23.5 Å². The second-order valence-electron chi connectivity index (χ2n) is 14.3. The molecule has 0 aliphatic rings. The first-order valence-electron chi connectivity index (χ1n) is 17.5. The van der Waals surface area contributed by atoms with Crippen LogP contribution in [0.15, 0.2) is 0 Å². The third kappa shape index (κ3) is 26.0. The molecule has 0 aromatic rings. The van der Waals surface area contributed by atoms with Crippen LogP contribution in [0.1, 0.15) is 209 Å². The monoisotopic (exact) mass is 522 g/mol. The lowest BCUT2D eigenvalue weighted by molar-refractivity contribution is 0.0730. The molecular formula is C36H75N. The van der Waals surface area contributed by atoms with Gasteiger partial charge < -0.3 is 0 Å². The lowest BCUT2D eigenvalue weighted by Crippen LogP contribution is -2.47. The molecule has 0 aromatic heterocycles. The summed E-state index contributed by atoms with van der Waals surface area (Å²) < 4.78 is 0. The van der Waals surface area contributed by atoms with E-state index < -0.39 is 0 Å². The summed E-state index contributed by atoms with van der Waals surface area (Å²) in [6, 6.07) is 0. The van der Waals surface area contributed by atoms with Crippen molar-refractivity contribution in [2.24, 2.45) is 5.41 Å². The molecule has 37 heavy (non-hydrogen) atoms. The molecule has 0 rings (SSSR count). The Kier molecular flexibility index (Phi) is 24.9. The van der Waals surface area contributed by atoms with E-state index in [9.17, 15) is 0 Å². The lowest BCUT2D eigenvalue weighted by Gasteiger charge is -2.43. The van der Waals surface area contributed by atoms with Crippen LogP contribution in [0.4, 0.5) is 0 Å². The quantitative estimate of drug-likeness (QED) is 0.0925. The van der Waals surface area contributed by atoms with Crippen molar-refractivity contribution in [3.63, 3.8) is 0 Å². The summed E-state index contributed by atoms with van der Waals surface area (Å²) in [5.74, 6) is 0. The van der Waals surface area contributed by atoms with Gasteiger partial charge in [0.2, 0.25) is 0 Å². The summed E-state index contributed by atoms with van der Waals surface area (Å²) in [5.41, 5.74) is 0.711. The maximum atomic E-state index is 2.87. The molecule has 0 radical (unpaired) electrons. The van der Waals surface area contributed by atoms with Crippen LogP contribution in [0.5, 0.6) is 0 Å². The molecule has 1 heteroatoms. The smallest absolute Gasteiger partial charge is 0.0158 e. The Labute approximate surface area is 237 Å². The number of hydrogen-bond donors (Lipinski definition) is 0. The SMILES string of the molecule is CCCCCCCCCCCCCCN(CCCCCCCCCCCCCC)C(C)(C)CC(C)(C)C. The molecule has 1 nitrogen and oxygen atoms in total. The van der Waals surface area contributed by atoms with Gasteiger partial charge in [0.1, 0.15) is 0 Å². The largest absolute Gasteiger partial charge is 0.298 e. The molecule has 0 fully saturated rings. The predicted molar refractivity (Wildman–Crippen MR) is 172 cm³/mol. The Morgan fingerprint density at radius 1 is 0.351 bits per heavy atom. The first kappa shape index (κ1) is 37.0. The van der Waals surface area contributed by atoms with E-state index >= 15 is 0 Å². The maximum absolute atomic E-state index is 2.87. The van der Waals surface area contributed by atoms with Gasteiger partial charge in [-0.25, -0.2) is 0 Å². The molecule has 0 heterocycles. The fourth-order valence-electron chi connectivity index (χ4n) is 6.41. The van der Waals surface area contributed by atoms with E-state index in [2.05, 4.69) is 53.4 Å². The van der Waals surface area contributed by atoms with E-state index in [1.807, 2.05) is 0 Å². The molecule has 0 unspecified atom stereocenters. The maximum Gasteiger partial charge on any atom is 0.0158 e. The highest BCUT2D eigenvalue weighted by Gasteiger charge is 2.30. The highest BCUT2D eigenvalue weighted by molar-refractivity contribution is 4.86. The van der Waals surface area contributed by atoms with E-state index in [4.69, 9.17) is 0 Å². The van der Waals surface area contributed by atoms with E-state index in [-0.39, 0.29) is 0 Å². The van der Waals surface area contributed by atoms with Gasteiger partial charge in [0.05, 0.1) is 0 Å². The summed E-state index contributed by atoms with van der Waals surface area (Å²) >= 11 is 0. The van der Waals surface area contributed by atoms with E-state index in [1.165, 1.54) is 174 Å². The fraction of sp³-hybridized carbons (Fsp3) is 1.00. The zero-order valence-corrected chi connectivity index (χ0v) is 27.5. The van der Waals surface area contributed by atoms with Gasteiger partial charge in [-0.1, -0.05) is 176 Å². The standard InChI is InChI=1S/C36H75N/c1-8-10-12-14-16-18-20-22-24-26-28-30-32-37(36(6,7)34-35(3,4)5)33-31-29-27-25-23-21-19-17-15-13-11-9-2/h8-34H2,1-7H3. The zero-order valence-electron chi connectivity index (χ0n) is 27.5. The number of rotatable bonds is 28. The Bertz CT molecular complexity index is 418. The number of hydrogen-bond acceptors (Lipinski definition) is 1. The summed E-state index contributed by atoms with van der Waals surface area (Å²) in [4.78, 5) is 2.87. The van der Waals surface area contributed by atoms with Gasteiger partial charge in [0.15, 0.2) is 0 Å². The van der Waals surface area contributed by atoms with Crippen molar-refractivity contribution in [3.05, 3.63) is 0 Å². The molecule has 0 aliphatic heterocycles. The third-order valence-electron chi connectivity index (χ3n) is 8.38. The Hall–Kier alpha value is -0.0400. The van der Waals surface area contributed by atoms with Gasteiger partial charge in [-0.3, -0.25) is 4.90 Å². The predicted octanol–water partition coefficient (Wildman–Crippen LogP) is 12.9. The van der Waals surface area contributed by atoms with Crippen LogP contribution >= 0.6 is 0 Å². The molecule has 0 N–H and O–H groups in total. The minimum Gasteiger partial charge on any atom is -0.298 e. The minimum absolute atomic E-state index is 0.313. The fourth-order valence-corrected chi connectivity index (χ4v) is 6.41. The van der Waals surface area contributed by atoms with E-state index in [0.29, 0.717) is 11.0 Å². The summed E-state index contributed by atoms with van der Waals surface area (Å²) in [5, 5.41) is 0. The molecule has 0 aromatic carbocycles. The average molecular weight is 522 g/mol. The second-order valence-corrected chi connectivity index (χ2v) is 14.3. The molecule has 0 amide bonds. The highest BCUT2D eigenvalue weighted by atomic mass is 15.2. The van der Waals surface area contributed by atoms with Crippen LogP contribution in [0, 0.1) is 5.41 Å². The number of nitrogens with zero attached hydrogens (tertiary/aromatic N) is 1. The molecule has 0 spiro atoms. The Balaban J connectivity index is 4.04. The topological polar surface area (TPSA) is 3.24 Å². The lowest BCUT2D eigenvalue weighted by atomic mass is 9.80. The molecule has 0 aliphatic carbocycles. The van der Waals surface area contributed by atoms with E-state index in [0.717, 1.165) is 0 Å². The van der Waals surface area contributed by atoms with Gasteiger partial charge in [-0.15, -0.1) is 0 Å². The first-order valence-corrected chi connectivity index (χ1v) is 17.5. The van der Waals surface area contributed by atoms with Crippen LogP contribution in [0.3, 0.4) is 0 Å². The van der Waals surface area contributed by atoms with Crippen molar-refractivity contribution in [2.75, 3.05) is 13.1 Å². The highest BCUT2D eigenvalue weighted by Crippen LogP contribution is 2.32. The molecule has 224 valence electrons. The summed E-state index contributed by atoms with van der Waals surface area (Å²) in [6.07, 6.45) is 35.9. The van der Waals surface area contributed by atoms with Gasteiger partial charge in [-0.2, -0.15) is 0 Å². The van der Waals surface area contributed by atoms with Crippen LogP contribution < -0.4 is 0 Å². The van der Waals surface area contributed by atoms with Crippen molar-refractivity contribution >= 4 is 0 Å². The summed E-state index contributed by atoms with van der Waals surface area (Å²) in [6.45, 7) is 19.5. The van der Waals surface area contributed by atoms with Crippen molar-refractivity contribution in [1.29, 1.82) is 0 Å². The average Bonchev–Trinajstić information content (AvgIpc) is 2.82. The zero-order chi connectivity index (χ0) is 27.7. The van der Waals surface area contributed by atoms with Crippen LogP contribution in [-0.2, 0) is 0 Å². The van der Waals surface area contributed by atoms with Gasteiger partial charge in [-0.05, 0) is 51.6 Å². The van der Waals surface area contributed by atoms with Crippen molar-refractivity contribution in [2.45, 2.75) is 215 Å². The van der Waals surface area contributed by atoms with Crippen LogP contribution in [0.25, 0.3) is 0 Å². The first-order chi connectivity index (χ1) is 17.7. The molecule has 0 bridgehead atoms. The van der Waals surface area contributed by atoms with Crippen molar-refractivity contribution in [1.82, 2.24) is 4.90 Å². The number of unbranched alkanes of at least 4 members (excludes halogenated alkanes) is 22. The summed E-state index contributed by atoms with van der Waals surface area (Å²) in [7, 11) is 0. The Morgan fingerprint density at radius 3 is 0.838 bits per heavy atom.